The summed E-state index contributed by atoms with van der Waals surface area (Å²) in [6.45, 7) is 1.54. The molecular formula is C12H16N4O2. The highest BCUT2D eigenvalue weighted by Gasteiger charge is 2.19. The van der Waals surface area contributed by atoms with Crippen molar-refractivity contribution in [3.8, 4) is 0 Å². The number of hydrogen-bond donors (Lipinski definition) is 3. The lowest BCUT2D eigenvalue weighted by Crippen LogP contribution is -2.48. The van der Waals surface area contributed by atoms with Gasteiger partial charge in [-0.3, -0.25) is 9.59 Å². The van der Waals surface area contributed by atoms with Crippen LogP contribution in [0.3, 0.4) is 0 Å². The van der Waals surface area contributed by atoms with Gasteiger partial charge in [0.1, 0.15) is 0 Å². The topological polar surface area (TPSA) is 87.5 Å². The van der Waals surface area contributed by atoms with E-state index >= 15 is 0 Å². The van der Waals surface area contributed by atoms with Crippen molar-refractivity contribution in [2.75, 3.05) is 37.3 Å². The highest BCUT2D eigenvalue weighted by Crippen LogP contribution is 2.25. The lowest BCUT2D eigenvalue weighted by Gasteiger charge is -2.29. The quantitative estimate of drug-likeness (QED) is 0.619. The van der Waals surface area contributed by atoms with Crippen molar-refractivity contribution < 1.29 is 9.59 Å². The predicted octanol–water partition coefficient (Wildman–Crippen LogP) is -0.435. The van der Waals surface area contributed by atoms with Crippen LogP contribution in [-0.2, 0) is 4.79 Å². The van der Waals surface area contributed by atoms with Gasteiger partial charge in [-0.15, -0.1) is 0 Å². The minimum atomic E-state index is -0.169. The first kappa shape index (κ1) is 12.2. The van der Waals surface area contributed by atoms with Crippen molar-refractivity contribution in [2.45, 2.75) is 0 Å². The number of carbonyl (C=O) groups excluding carboxylic acids is 2. The van der Waals surface area contributed by atoms with Gasteiger partial charge in [0.25, 0.3) is 5.91 Å². The molecule has 0 atom stereocenters. The molecule has 2 rings (SSSR count). The summed E-state index contributed by atoms with van der Waals surface area (Å²) in [5, 5.41) is 5.31. The van der Waals surface area contributed by atoms with E-state index in [4.69, 9.17) is 5.73 Å². The van der Waals surface area contributed by atoms with E-state index in [-0.39, 0.29) is 18.4 Å². The molecule has 0 radical (unpaired) electrons. The molecule has 0 spiro atoms. The summed E-state index contributed by atoms with van der Waals surface area (Å²) < 4.78 is 0. The molecule has 1 saturated heterocycles. The first-order chi connectivity index (χ1) is 8.61. The Hall–Kier alpha value is -2.24. The van der Waals surface area contributed by atoms with Crippen LogP contribution in [0.1, 0.15) is 10.4 Å². The van der Waals surface area contributed by atoms with Crippen LogP contribution >= 0.6 is 0 Å². The molecule has 6 nitrogen and oxygen atoms in total. The molecule has 6 heteroatoms. The molecule has 1 aliphatic heterocycles. The van der Waals surface area contributed by atoms with Crippen LogP contribution in [0.15, 0.2) is 18.2 Å². The summed E-state index contributed by atoms with van der Waals surface area (Å²) in [5.41, 5.74) is 7.73. The summed E-state index contributed by atoms with van der Waals surface area (Å²) in [5.74, 6) is -0.205. The summed E-state index contributed by atoms with van der Waals surface area (Å²) in [6.07, 6.45) is 0. The van der Waals surface area contributed by atoms with E-state index < -0.39 is 0 Å². The van der Waals surface area contributed by atoms with E-state index in [1.54, 1.807) is 25.2 Å². The van der Waals surface area contributed by atoms with E-state index in [9.17, 15) is 9.59 Å². The Labute approximate surface area is 105 Å². The number of nitrogens with two attached hydrogens (primary N) is 1. The van der Waals surface area contributed by atoms with Crippen molar-refractivity contribution in [3.63, 3.8) is 0 Å². The summed E-state index contributed by atoms with van der Waals surface area (Å²) >= 11 is 0. The molecule has 0 bridgehead atoms. The van der Waals surface area contributed by atoms with E-state index in [0.29, 0.717) is 24.3 Å². The number of piperazine rings is 1. The van der Waals surface area contributed by atoms with Gasteiger partial charge in [0.05, 0.1) is 17.9 Å². The van der Waals surface area contributed by atoms with Crippen LogP contribution in [-0.4, -0.2) is 38.5 Å². The standard InChI is InChI=1S/C12H16N4O2/c1-14-12(18)8-2-3-9(13)10(6-8)16-5-4-15-11(17)7-16/h2-3,6H,4-5,7,13H2,1H3,(H,14,18)(H,15,17). The Bertz CT molecular complexity index is 487. The highest BCUT2D eigenvalue weighted by atomic mass is 16.2. The third kappa shape index (κ3) is 2.37. The number of hydrogen-bond acceptors (Lipinski definition) is 4. The number of carbonyl (C=O) groups is 2. The lowest BCUT2D eigenvalue weighted by molar-refractivity contribution is -0.120. The van der Waals surface area contributed by atoms with Crippen LogP contribution in [0.2, 0.25) is 0 Å². The first-order valence-corrected chi connectivity index (χ1v) is 5.75. The number of amides is 2. The fraction of sp³-hybridized carbons (Fsp3) is 0.333. The second-order valence-electron chi connectivity index (χ2n) is 4.12. The summed E-state index contributed by atoms with van der Waals surface area (Å²) in [6, 6.07) is 5.07. The average Bonchev–Trinajstić information content (AvgIpc) is 2.38. The third-order valence-corrected chi connectivity index (χ3v) is 2.90. The maximum Gasteiger partial charge on any atom is 0.251 e. The van der Waals surface area contributed by atoms with Gasteiger partial charge in [-0.05, 0) is 18.2 Å². The molecule has 1 aromatic carbocycles. The van der Waals surface area contributed by atoms with E-state index in [1.807, 2.05) is 4.90 Å². The number of nitrogen functional groups attached to an aromatic ring is 1. The van der Waals surface area contributed by atoms with E-state index in [2.05, 4.69) is 10.6 Å². The van der Waals surface area contributed by atoms with Gasteiger partial charge in [0, 0.05) is 25.7 Å². The number of benzene rings is 1. The Balaban J connectivity index is 2.31. The van der Waals surface area contributed by atoms with E-state index in [0.717, 1.165) is 5.69 Å². The zero-order valence-corrected chi connectivity index (χ0v) is 10.2. The molecule has 1 aliphatic rings. The van der Waals surface area contributed by atoms with Gasteiger partial charge in [-0.25, -0.2) is 0 Å². The molecule has 18 heavy (non-hydrogen) atoms. The van der Waals surface area contributed by atoms with Crippen LogP contribution in [0.5, 0.6) is 0 Å². The van der Waals surface area contributed by atoms with Crippen molar-refractivity contribution in [2.24, 2.45) is 0 Å². The van der Waals surface area contributed by atoms with Crippen molar-refractivity contribution >= 4 is 23.2 Å². The average molecular weight is 248 g/mol. The molecule has 1 aromatic rings. The molecule has 96 valence electrons. The molecule has 0 saturated carbocycles. The Morgan fingerprint density at radius 3 is 2.94 bits per heavy atom. The van der Waals surface area contributed by atoms with Crippen LogP contribution in [0.4, 0.5) is 11.4 Å². The summed E-state index contributed by atoms with van der Waals surface area (Å²) in [7, 11) is 1.58. The SMILES string of the molecule is CNC(=O)c1ccc(N)c(N2CCNC(=O)C2)c1. The van der Waals surface area contributed by atoms with Crippen LogP contribution in [0, 0.1) is 0 Å². The molecule has 0 unspecified atom stereocenters. The maximum absolute atomic E-state index is 11.6. The van der Waals surface area contributed by atoms with Gasteiger partial charge in [0.2, 0.25) is 5.91 Å². The van der Waals surface area contributed by atoms with E-state index in [1.165, 1.54) is 0 Å². The second-order valence-corrected chi connectivity index (χ2v) is 4.12. The maximum atomic E-state index is 11.6. The van der Waals surface area contributed by atoms with Crippen molar-refractivity contribution in [1.82, 2.24) is 10.6 Å². The number of nitrogens with one attached hydrogen (secondary N) is 2. The Kier molecular flexibility index (Phi) is 3.36. The molecule has 0 aromatic heterocycles. The van der Waals surface area contributed by atoms with Gasteiger partial charge >= 0.3 is 0 Å². The predicted molar refractivity (Wildman–Crippen MR) is 69.5 cm³/mol. The van der Waals surface area contributed by atoms with Gasteiger partial charge in [-0.1, -0.05) is 0 Å². The second kappa shape index (κ2) is 4.95. The zero-order chi connectivity index (χ0) is 13.1. The first-order valence-electron chi connectivity index (χ1n) is 5.75. The van der Waals surface area contributed by atoms with Gasteiger partial charge in [0.15, 0.2) is 0 Å². The highest BCUT2D eigenvalue weighted by molar-refractivity contribution is 5.96. The molecule has 1 fully saturated rings. The Morgan fingerprint density at radius 1 is 1.50 bits per heavy atom. The van der Waals surface area contributed by atoms with Crippen LogP contribution in [0.25, 0.3) is 0 Å². The summed E-state index contributed by atoms with van der Waals surface area (Å²) in [4.78, 5) is 24.8. The number of anilines is 2. The fourth-order valence-electron chi connectivity index (χ4n) is 1.95. The normalized spacial score (nSPS) is 15.2. The van der Waals surface area contributed by atoms with Gasteiger partial charge in [-0.2, -0.15) is 0 Å². The molecule has 1 heterocycles. The molecular weight excluding hydrogens is 232 g/mol. The third-order valence-electron chi connectivity index (χ3n) is 2.90. The minimum absolute atomic E-state index is 0.0361. The minimum Gasteiger partial charge on any atom is -0.397 e. The smallest absolute Gasteiger partial charge is 0.251 e. The van der Waals surface area contributed by atoms with Crippen molar-refractivity contribution in [1.29, 1.82) is 0 Å². The van der Waals surface area contributed by atoms with Gasteiger partial charge < -0.3 is 21.3 Å². The molecule has 4 N–H and O–H groups in total. The van der Waals surface area contributed by atoms with Crippen LogP contribution < -0.4 is 21.3 Å². The van der Waals surface area contributed by atoms with Crippen molar-refractivity contribution in [3.05, 3.63) is 23.8 Å². The molecule has 2 amide bonds. The number of nitrogens with zero attached hydrogens (tertiary/aromatic N) is 1. The molecule has 0 aliphatic carbocycles. The lowest BCUT2D eigenvalue weighted by atomic mass is 10.1. The Morgan fingerprint density at radius 2 is 2.28 bits per heavy atom. The monoisotopic (exact) mass is 248 g/mol. The fourth-order valence-corrected chi connectivity index (χ4v) is 1.95. The zero-order valence-electron chi connectivity index (χ0n) is 10.2. The largest absolute Gasteiger partial charge is 0.397 e. The number of rotatable bonds is 2.